The van der Waals surface area contributed by atoms with Crippen molar-refractivity contribution < 1.29 is 4.79 Å². The van der Waals surface area contributed by atoms with Gasteiger partial charge in [-0.25, -0.2) is 5.43 Å². The molecule has 1 N–H and O–H groups in total. The Bertz CT molecular complexity index is 651. The molecule has 0 saturated carbocycles. The van der Waals surface area contributed by atoms with E-state index in [1.165, 1.54) is 0 Å². The van der Waals surface area contributed by atoms with Gasteiger partial charge in [0.25, 0.3) is 5.91 Å². The van der Waals surface area contributed by atoms with E-state index < -0.39 is 0 Å². The molecule has 0 spiro atoms. The van der Waals surface area contributed by atoms with Gasteiger partial charge in [0, 0.05) is 15.6 Å². The molecular weight excluding hydrogens is 295 g/mol. The Balaban J connectivity index is 2.08. The zero-order valence-corrected chi connectivity index (χ0v) is 12.2. The van der Waals surface area contributed by atoms with Crippen LogP contribution in [0.2, 0.25) is 10.0 Å². The fourth-order valence-corrected chi connectivity index (χ4v) is 1.90. The van der Waals surface area contributed by atoms with E-state index in [4.69, 9.17) is 23.2 Å². The number of amides is 1. The van der Waals surface area contributed by atoms with Crippen molar-refractivity contribution in [2.24, 2.45) is 5.10 Å². The van der Waals surface area contributed by atoms with Gasteiger partial charge >= 0.3 is 0 Å². The average molecular weight is 307 g/mol. The summed E-state index contributed by atoms with van der Waals surface area (Å²) < 4.78 is 0. The van der Waals surface area contributed by atoms with E-state index in [2.05, 4.69) is 10.5 Å². The zero-order valence-electron chi connectivity index (χ0n) is 10.7. The lowest BCUT2D eigenvalue weighted by atomic mass is 10.1. The highest BCUT2D eigenvalue weighted by Gasteiger charge is 2.05. The molecule has 0 atom stereocenters. The van der Waals surface area contributed by atoms with E-state index in [9.17, 15) is 4.79 Å². The predicted octanol–water partition coefficient (Wildman–Crippen LogP) is 4.15. The summed E-state index contributed by atoms with van der Waals surface area (Å²) in [4.78, 5) is 11.9. The van der Waals surface area contributed by atoms with Crippen LogP contribution in [0.15, 0.2) is 53.6 Å². The minimum atomic E-state index is -0.305. The monoisotopic (exact) mass is 306 g/mol. The fraction of sp³-hybridized carbons (Fsp3) is 0.0667. The Labute approximate surface area is 127 Å². The number of hydrogen-bond donors (Lipinski definition) is 1. The highest BCUT2D eigenvalue weighted by Crippen LogP contribution is 2.11. The largest absolute Gasteiger partial charge is 0.271 e. The van der Waals surface area contributed by atoms with Gasteiger partial charge in [-0.3, -0.25) is 4.79 Å². The lowest BCUT2D eigenvalue weighted by molar-refractivity contribution is 0.0955. The maximum Gasteiger partial charge on any atom is 0.271 e. The van der Waals surface area contributed by atoms with E-state index >= 15 is 0 Å². The second-order valence-electron chi connectivity index (χ2n) is 4.16. The van der Waals surface area contributed by atoms with Crippen molar-refractivity contribution in [1.82, 2.24) is 5.43 Å². The first-order chi connectivity index (χ1) is 9.56. The molecule has 3 nitrogen and oxygen atoms in total. The molecule has 0 saturated heterocycles. The quantitative estimate of drug-likeness (QED) is 0.672. The van der Waals surface area contributed by atoms with Gasteiger partial charge in [0.2, 0.25) is 0 Å². The summed E-state index contributed by atoms with van der Waals surface area (Å²) >= 11 is 11.7. The van der Waals surface area contributed by atoms with Crippen molar-refractivity contribution in [2.75, 3.05) is 0 Å². The molecule has 0 bridgehead atoms. The number of hydrogen-bond acceptors (Lipinski definition) is 2. The molecule has 0 aliphatic carbocycles. The van der Waals surface area contributed by atoms with Gasteiger partial charge in [0.1, 0.15) is 0 Å². The fourth-order valence-electron chi connectivity index (χ4n) is 1.58. The minimum Gasteiger partial charge on any atom is -0.267 e. The molecule has 0 unspecified atom stereocenters. The van der Waals surface area contributed by atoms with Crippen LogP contribution in [0.4, 0.5) is 0 Å². The molecule has 0 aromatic heterocycles. The summed E-state index contributed by atoms with van der Waals surface area (Å²) in [5.74, 6) is -0.305. The predicted molar refractivity (Wildman–Crippen MR) is 82.6 cm³/mol. The van der Waals surface area contributed by atoms with Crippen LogP contribution >= 0.6 is 23.2 Å². The van der Waals surface area contributed by atoms with E-state index in [-0.39, 0.29) is 5.91 Å². The third kappa shape index (κ3) is 3.83. The van der Waals surface area contributed by atoms with Crippen LogP contribution in [0.1, 0.15) is 22.8 Å². The van der Waals surface area contributed by atoms with E-state index in [1.54, 1.807) is 36.4 Å². The summed E-state index contributed by atoms with van der Waals surface area (Å²) in [6.07, 6.45) is 0. The van der Waals surface area contributed by atoms with Crippen molar-refractivity contribution >= 4 is 34.8 Å². The number of rotatable bonds is 3. The smallest absolute Gasteiger partial charge is 0.267 e. The van der Waals surface area contributed by atoms with Crippen molar-refractivity contribution in [3.63, 3.8) is 0 Å². The standard InChI is InChI=1S/C15H12Cl2N2O/c1-10(11-5-7-13(16)8-6-11)18-19-15(20)12-3-2-4-14(17)9-12/h2-9H,1H3,(H,19,20)/b18-10-. The van der Waals surface area contributed by atoms with Gasteiger partial charge in [0.05, 0.1) is 5.71 Å². The molecule has 0 radical (unpaired) electrons. The topological polar surface area (TPSA) is 41.5 Å². The van der Waals surface area contributed by atoms with Gasteiger partial charge in [-0.2, -0.15) is 5.10 Å². The summed E-state index contributed by atoms with van der Waals surface area (Å²) in [5.41, 5.74) is 4.54. The number of hydrazone groups is 1. The third-order valence-corrected chi connectivity index (χ3v) is 3.16. The van der Waals surface area contributed by atoms with Crippen LogP contribution < -0.4 is 5.43 Å². The molecule has 0 aliphatic heterocycles. The molecule has 5 heteroatoms. The maximum atomic E-state index is 11.9. The number of carbonyl (C=O) groups is 1. The molecule has 0 aliphatic rings. The van der Waals surface area contributed by atoms with Crippen LogP contribution in [0, 0.1) is 0 Å². The molecule has 20 heavy (non-hydrogen) atoms. The Morgan fingerprint density at radius 2 is 1.70 bits per heavy atom. The Morgan fingerprint density at radius 1 is 1.00 bits per heavy atom. The maximum absolute atomic E-state index is 11.9. The Kier molecular flexibility index (Phi) is 4.77. The Hall–Kier alpha value is -1.84. The second-order valence-corrected chi connectivity index (χ2v) is 5.03. The lowest BCUT2D eigenvalue weighted by Crippen LogP contribution is -2.19. The van der Waals surface area contributed by atoms with Crippen molar-refractivity contribution in [3.8, 4) is 0 Å². The summed E-state index contributed by atoms with van der Waals surface area (Å²) in [6, 6.07) is 13.9. The Morgan fingerprint density at radius 3 is 2.35 bits per heavy atom. The average Bonchev–Trinajstić information content (AvgIpc) is 2.45. The summed E-state index contributed by atoms with van der Waals surface area (Å²) in [7, 11) is 0. The first-order valence-corrected chi connectivity index (χ1v) is 6.68. The third-order valence-electron chi connectivity index (χ3n) is 2.67. The van der Waals surface area contributed by atoms with Crippen LogP contribution in [0.3, 0.4) is 0 Å². The number of halogens is 2. The van der Waals surface area contributed by atoms with Gasteiger partial charge in [0.15, 0.2) is 0 Å². The van der Waals surface area contributed by atoms with Crippen LogP contribution in [-0.4, -0.2) is 11.6 Å². The van der Waals surface area contributed by atoms with Gasteiger partial charge in [-0.1, -0.05) is 41.4 Å². The highest BCUT2D eigenvalue weighted by molar-refractivity contribution is 6.31. The molecular formula is C15H12Cl2N2O. The highest BCUT2D eigenvalue weighted by atomic mass is 35.5. The van der Waals surface area contributed by atoms with Gasteiger partial charge < -0.3 is 0 Å². The van der Waals surface area contributed by atoms with Crippen LogP contribution in [-0.2, 0) is 0 Å². The summed E-state index contributed by atoms with van der Waals surface area (Å²) in [5, 5.41) is 5.23. The SMILES string of the molecule is C/C(=N/NC(=O)c1cccc(Cl)c1)c1ccc(Cl)cc1. The zero-order chi connectivity index (χ0) is 14.5. The number of benzene rings is 2. The molecule has 2 aromatic carbocycles. The number of nitrogens with zero attached hydrogens (tertiary/aromatic N) is 1. The van der Waals surface area contributed by atoms with E-state index in [0.29, 0.717) is 21.3 Å². The number of nitrogens with one attached hydrogen (secondary N) is 1. The van der Waals surface area contributed by atoms with Crippen LogP contribution in [0.25, 0.3) is 0 Å². The van der Waals surface area contributed by atoms with Crippen molar-refractivity contribution in [3.05, 3.63) is 69.7 Å². The molecule has 0 fully saturated rings. The second kappa shape index (κ2) is 6.55. The lowest BCUT2D eigenvalue weighted by Gasteiger charge is -2.03. The number of carbonyl (C=O) groups excluding carboxylic acids is 1. The molecule has 2 rings (SSSR count). The molecule has 0 heterocycles. The normalized spacial score (nSPS) is 11.2. The minimum absolute atomic E-state index is 0.305. The first kappa shape index (κ1) is 14.6. The van der Waals surface area contributed by atoms with E-state index in [1.807, 2.05) is 19.1 Å². The molecule has 1 amide bonds. The molecule has 102 valence electrons. The van der Waals surface area contributed by atoms with Crippen molar-refractivity contribution in [1.29, 1.82) is 0 Å². The first-order valence-electron chi connectivity index (χ1n) is 5.92. The van der Waals surface area contributed by atoms with Crippen molar-refractivity contribution in [2.45, 2.75) is 6.92 Å². The van der Waals surface area contributed by atoms with Gasteiger partial charge in [-0.05, 0) is 42.8 Å². The summed E-state index contributed by atoms with van der Waals surface area (Å²) in [6.45, 7) is 1.81. The van der Waals surface area contributed by atoms with Gasteiger partial charge in [-0.15, -0.1) is 0 Å². The van der Waals surface area contributed by atoms with Crippen LogP contribution in [0.5, 0.6) is 0 Å². The molecule has 2 aromatic rings. The van der Waals surface area contributed by atoms with E-state index in [0.717, 1.165) is 5.56 Å².